The topological polar surface area (TPSA) is 80.8 Å². The van der Waals surface area contributed by atoms with E-state index in [1.807, 2.05) is 57.1 Å². The average Bonchev–Trinajstić information content (AvgIpc) is 3.26. The van der Waals surface area contributed by atoms with Gasteiger partial charge in [0.2, 0.25) is 0 Å². The van der Waals surface area contributed by atoms with Crippen molar-refractivity contribution in [2.75, 3.05) is 31.1 Å². The predicted molar refractivity (Wildman–Crippen MR) is 105 cm³/mol. The second-order valence-electron chi connectivity index (χ2n) is 7.99. The maximum absolute atomic E-state index is 12.2. The molecule has 4 rings (SSSR count). The highest BCUT2D eigenvalue weighted by molar-refractivity contribution is 5.74. The first-order chi connectivity index (χ1) is 13.3. The first-order valence-electron chi connectivity index (χ1n) is 9.35. The molecule has 0 aliphatic carbocycles. The van der Waals surface area contributed by atoms with Crippen molar-refractivity contribution < 1.29 is 9.53 Å². The molecule has 1 amide bonds. The van der Waals surface area contributed by atoms with E-state index in [-0.39, 0.29) is 6.09 Å². The number of rotatable bonds is 2. The van der Waals surface area contributed by atoms with Crippen molar-refractivity contribution in [1.82, 2.24) is 29.3 Å². The van der Waals surface area contributed by atoms with Crippen LogP contribution in [0.1, 0.15) is 20.8 Å². The molecule has 9 nitrogen and oxygen atoms in total. The van der Waals surface area contributed by atoms with Gasteiger partial charge in [-0.05, 0) is 20.8 Å². The SMILES string of the molecule is Cn1cc(-c2cn3ncc(N4CCN(C(=O)OC(C)(C)C)CC4)c3cn2)cn1. The summed E-state index contributed by atoms with van der Waals surface area (Å²) in [5.41, 5.74) is 3.26. The van der Waals surface area contributed by atoms with Gasteiger partial charge in [0, 0.05) is 45.0 Å². The summed E-state index contributed by atoms with van der Waals surface area (Å²) in [5.74, 6) is 0. The molecular formula is C19H25N7O2. The molecule has 0 bridgehead atoms. The van der Waals surface area contributed by atoms with Crippen LogP contribution in [-0.4, -0.2) is 67.2 Å². The minimum Gasteiger partial charge on any atom is -0.444 e. The predicted octanol–water partition coefficient (Wildman–Crippen LogP) is 2.19. The monoisotopic (exact) mass is 383 g/mol. The van der Waals surface area contributed by atoms with Gasteiger partial charge in [-0.2, -0.15) is 10.2 Å². The number of carbonyl (C=O) groups is 1. The molecule has 0 radical (unpaired) electrons. The quantitative estimate of drug-likeness (QED) is 0.675. The molecule has 3 aromatic heterocycles. The van der Waals surface area contributed by atoms with Crippen LogP contribution in [-0.2, 0) is 11.8 Å². The largest absolute Gasteiger partial charge is 0.444 e. The molecule has 148 valence electrons. The summed E-state index contributed by atoms with van der Waals surface area (Å²) in [7, 11) is 1.88. The molecule has 9 heteroatoms. The van der Waals surface area contributed by atoms with E-state index >= 15 is 0 Å². The summed E-state index contributed by atoms with van der Waals surface area (Å²) in [6, 6.07) is 0. The van der Waals surface area contributed by atoms with Crippen LogP contribution in [0.25, 0.3) is 16.8 Å². The Labute approximate surface area is 163 Å². The third-order valence-electron chi connectivity index (χ3n) is 4.66. The summed E-state index contributed by atoms with van der Waals surface area (Å²) in [5, 5.41) is 8.68. The van der Waals surface area contributed by atoms with E-state index < -0.39 is 5.60 Å². The number of piperazine rings is 1. The standard InChI is InChI=1S/C19H25N7O2/c1-19(2,3)28-18(27)25-7-5-24(6-8-25)16-11-22-26-13-15(20-10-17(16)26)14-9-21-23(4)12-14/h9-13H,5-8H2,1-4H3. The molecule has 0 atom stereocenters. The lowest BCUT2D eigenvalue weighted by atomic mass is 10.2. The number of aromatic nitrogens is 5. The number of amides is 1. The molecule has 0 saturated carbocycles. The number of hydrogen-bond acceptors (Lipinski definition) is 6. The lowest BCUT2D eigenvalue weighted by molar-refractivity contribution is 0.0240. The van der Waals surface area contributed by atoms with Crippen molar-refractivity contribution in [2.45, 2.75) is 26.4 Å². The maximum Gasteiger partial charge on any atom is 0.410 e. The molecular weight excluding hydrogens is 358 g/mol. The van der Waals surface area contributed by atoms with Gasteiger partial charge in [0.05, 0.1) is 36.2 Å². The number of ether oxygens (including phenoxy) is 1. The van der Waals surface area contributed by atoms with Gasteiger partial charge in [-0.3, -0.25) is 9.67 Å². The second-order valence-corrected chi connectivity index (χ2v) is 7.99. The number of aryl methyl sites for hydroxylation is 1. The Balaban J connectivity index is 1.48. The minimum absolute atomic E-state index is 0.255. The number of fused-ring (bicyclic) bond motifs is 1. The summed E-state index contributed by atoms with van der Waals surface area (Å²) in [6.07, 6.45) is 9.06. The van der Waals surface area contributed by atoms with E-state index in [2.05, 4.69) is 20.1 Å². The fraction of sp³-hybridized carbons (Fsp3) is 0.474. The van der Waals surface area contributed by atoms with Gasteiger partial charge in [0.15, 0.2) is 0 Å². The normalized spacial score (nSPS) is 15.3. The summed E-state index contributed by atoms with van der Waals surface area (Å²) in [4.78, 5) is 20.8. The van der Waals surface area contributed by atoms with Crippen molar-refractivity contribution in [3.8, 4) is 11.3 Å². The van der Waals surface area contributed by atoms with Crippen LogP contribution in [0.15, 0.2) is 31.0 Å². The Morgan fingerprint density at radius 2 is 1.79 bits per heavy atom. The third-order valence-corrected chi connectivity index (χ3v) is 4.66. The van der Waals surface area contributed by atoms with Crippen LogP contribution in [0, 0.1) is 0 Å². The van der Waals surface area contributed by atoms with Crippen molar-refractivity contribution in [3.05, 3.63) is 31.0 Å². The Hall–Kier alpha value is -3.10. The average molecular weight is 383 g/mol. The van der Waals surface area contributed by atoms with Gasteiger partial charge in [0.25, 0.3) is 0 Å². The zero-order valence-electron chi connectivity index (χ0n) is 16.7. The molecule has 0 N–H and O–H groups in total. The Kier molecular flexibility index (Phi) is 4.44. The van der Waals surface area contributed by atoms with Gasteiger partial charge in [0.1, 0.15) is 11.1 Å². The fourth-order valence-corrected chi connectivity index (χ4v) is 3.27. The molecule has 1 aliphatic heterocycles. The van der Waals surface area contributed by atoms with Crippen LogP contribution in [0.5, 0.6) is 0 Å². The zero-order valence-corrected chi connectivity index (χ0v) is 16.7. The number of nitrogens with zero attached hydrogens (tertiary/aromatic N) is 7. The Morgan fingerprint density at radius 1 is 1.04 bits per heavy atom. The summed E-state index contributed by atoms with van der Waals surface area (Å²) in [6.45, 7) is 8.34. The number of hydrogen-bond donors (Lipinski definition) is 0. The molecule has 0 spiro atoms. The molecule has 0 aromatic carbocycles. The smallest absolute Gasteiger partial charge is 0.410 e. The molecule has 0 unspecified atom stereocenters. The molecule has 1 fully saturated rings. The van der Waals surface area contributed by atoms with Crippen LogP contribution in [0.3, 0.4) is 0 Å². The van der Waals surface area contributed by atoms with Gasteiger partial charge >= 0.3 is 6.09 Å². The molecule has 28 heavy (non-hydrogen) atoms. The fourth-order valence-electron chi connectivity index (χ4n) is 3.27. The number of anilines is 1. The third kappa shape index (κ3) is 3.64. The molecule has 4 heterocycles. The Morgan fingerprint density at radius 3 is 2.43 bits per heavy atom. The first kappa shape index (κ1) is 18.3. The van der Waals surface area contributed by atoms with Crippen molar-refractivity contribution in [3.63, 3.8) is 0 Å². The first-order valence-corrected chi connectivity index (χ1v) is 9.35. The lowest BCUT2D eigenvalue weighted by Crippen LogP contribution is -2.50. The minimum atomic E-state index is -0.478. The van der Waals surface area contributed by atoms with Crippen molar-refractivity contribution in [2.24, 2.45) is 7.05 Å². The van der Waals surface area contributed by atoms with Crippen LogP contribution < -0.4 is 4.90 Å². The highest BCUT2D eigenvalue weighted by atomic mass is 16.6. The molecule has 1 saturated heterocycles. The van der Waals surface area contributed by atoms with Crippen LogP contribution >= 0.6 is 0 Å². The highest BCUT2D eigenvalue weighted by Crippen LogP contribution is 2.25. The Bertz CT molecular complexity index is 993. The number of carbonyl (C=O) groups excluding carboxylic acids is 1. The van der Waals surface area contributed by atoms with E-state index in [0.29, 0.717) is 13.1 Å². The van der Waals surface area contributed by atoms with E-state index in [1.165, 1.54) is 0 Å². The molecule has 3 aromatic rings. The maximum atomic E-state index is 12.2. The lowest BCUT2D eigenvalue weighted by Gasteiger charge is -2.36. The van der Waals surface area contributed by atoms with E-state index in [1.54, 1.807) is 15.8 Å². The van der Waals surface area contributed by atoms with E-state index in [4.69, 9.17) is 4.74 Å². The highest BCUT2D eigenvalue weighted by Gasteiger charge is 2.27. The van der Waals surface area contributed by atoms with Gasteiger partial charge < -0.3 is 14.5 Å². The second kappa shape index (κ2) is 6.81. The van der Waals surface area contributed by atoms with Crippen LogP contribution in [0.2, 0.25) is 0 Å². The van der Waals surface area contributed by atoms with Crippen molar-refractivity contribution in [1.29, 1.82) is 0 Å². The summed E-state index contributed by atoms with van der Waals surface area (Å²) < 4.78 is 9.05. The van der Waals surface area contributed by atoms with E-state index in [9.17, 15) is 4.79 Å². The van der Waals surface area contributed by atoms with Crippen LogP contribution in [0.4, 0.5) is 10.5 Å². The van der Waals surface area contributed by atoms with Crippen molar-refractivity contribution >= 4 is 17.3 Å². The van der Waals surface area contributed by atoms with Gasteiger partial charge in [-0.15, -0.1) is 0 Å². The zero-order chi connectivity index (χ0) is 19.9. The molecule has 1 aliphatic rings. The van der Waals surface area contributed by atoms with E-state index in [0.717, 1.165) is 35.6 Å². The van der Waals surface area contributed by atoms with Gasteiger partial charge in [-0.25, -0.2) is 9.31 Å². The summed E-state index contributed by atoms with van der Waals surface area (Å²) >= 11 is 0. The van der Waals surface area contributed by atoms with Gasteiger partial charge in [-0.1, -0.05) is 0 Å².